The van der Waals surface area contributed by atoms with Crippen LogP contribution in [0.15, 0.2) is 59.1 Å². The fourth-order valence-electron chi connectivity index (χ4n) is 3.08. The summed E-state index contributed by atoms with van der Waals surface area (Å²) in [5.41, 5.74) is 2.14. The molecule has 2 aromatic carbocycles. The van der Waals surface area contributed by atoms with E-state index in [4.69, 9.17) is 16.1 Å². The van der Waals surface area contributed by atoms with Crippen LogP contribution in [0.25, 0.3) is 0 Å². The van der Waals surface area contributed by atoms with Crippen LogP contribution in [0.2, 0.25) is 5.02 Å². The first-order valence-corrected chi connectivity index (χ1v) is 9.46. The lowest BCUT2D eigenvalue weighted by Crippen LogP contribution is -2.25. The molecular weight excluding hydrogens is 362 g/mol. The highest BCUT2D eigenvalue weighted by Crippen LogP contribution is 2.38. The summed E-state index contributed by atoms with van der Waals surface area (Å²) in [5.74, 6) is 1.51. The zero-order valence-electron chi connectivity index (χ0n) is 14.8. The van der Waals surface area contributed by atoms with Gasteiger partial charge >= 0.3 is 0 Å². The van der Waals surface area contributed by atoms with Crippen molar-refractivity contribution in [2.45, 2.75) is 37.6 Å². The Bertz CT molecular complexity index is 905. The minimum Gasteiger partial charge on any atom is -0.349 e. The second-order valence-electron chi connectivity index (χ2n) is 6.82. The van der Waals surface area contributed by atoms with Crippen molar-refractivity contribution < 1.29 is 9.32 Å². The van der Waals surface area contributed by atoms with Crippen LogP contribution in [0.4, 0.5) is 0 Å². The second-order valence-corrected chi connectivity index (χ2v) is 7.26. The standard InChI is InChI=1S/C21H20ClN3O2/c22-17-10-8-15(9-11-17)18(14-4-2-1-3-5-14)12-20(26)23-13-19-24-21(27-25-19)16-6-7-16/h1-5,8-11,16,18H,6-7,12-13H2,(H,23,26). The Balaban J connectivity index is 1.43. The zero-order valence-corrected chi connectivity index (χ0v) is 15.5. The quantitative estimate of drug-likeness (QED) is 0.657. The summed E-state index contributed by atoms with van der Waals surface area (Å²) in [4.78, 5) is 16.9. The number of carbonyl (C=O) groups excluding carboxylic acids is 1. The van der Waals surface area contributed by atoms with Gasteiger partial charge in [0.05, 0.1) is 6.54 Å². The number of carbonyl (C=O) groups is 1. The molecule has 138 valence electrons. The summed E-state index contributed by atoms with van der Waals surface area (Å²) < 4.78 is 5.23. The molecule has 1 saturated carbocycles. The molecule has 3 aromatic rings. The second kappa shape index (κ2) is 7.92. The maximum atomic E-state index is 12.6. The molecule has 1 unspecified atom stereocenters. The molecule has 0 saturated heterocycles. The van der Waals surface area contributed by atoms with Crippen molar-refractivity contribution in [3.63, 3.8) is 0 Å². The van der Waals surface area contributed by atoms with E-state index in [1.54, 1.807) is 0 Å². The monoisotopic (exact) mass is 381 g/mol. The molecule has 0 radical (unpaired) electrons. The van der Waals surface area contributed by atoms with Crippen LogP contribution in [0.5, 0.6) is 0 Å². The smallest absolute Gasteiger partial charge is 0.229 e. The fraction of sp³-hybridized carbons (Fsp3) is 0.286. The summed E-state index contributed by atoms with van der Waals surface area (Å²) in [6.45, 7) is 0.275. The molecule has 1 N–H and O–H groups in total. The van der Waals surface area contributed by atoms with Gasteiger partial charge in [-0.25, -0.2) is 0 Å². The topological polar surface area (TPSA) is 68.0 Å². The van der Waals surface area contributed by atoms with Crippen molar-refractivity contribution >= 4 is 17.5 Å². The SMILES string of the molecule is O=C(CC(c1ccccc1)c1ccc(Cl)cc1)NCc1noc(C2CC2)n1. The Morgan fingerprint density at radius 2 is 1.81 bits per heavy atom. The lowest BCUT2D eigenvalue weighted by molar-refractivity contribution is -0.121. The third kappa shape index (κ3) is 4.55. The number of halogens is 1. The number of amides is 1. The highest BCUT2D eigenvalue weighted by Gasteiger charge is 2.29. The molecule has 4 rings (SSSR count). The third-order valence-corrected chi connectivity index (χ3v) is 4.97. The van der Waals surface area contributed by atoms with Crippen LogP contribution in [-0.4, -0.2) is 16.0 Å². The van der Waals surface area contributed by atoms with Gasteiger partial charge in [-0.2, -0.15) is 4.98 Å². The minimum absolute atomic E-state index is 0.0456. The van der Waals surface area contributed by atoms with Crippen LogP contribution in [0.3, 0.4) is 0 Å². The normalized spacial score (nSPS) is 14.7. The average Bonchev–Trinajstić information content (AvgIpc) is 3.44. The van der Waals surface area contributed by atoms with E-state index in [2.05, 4.69) is 15.5 Å². The molecule has 0 aliphatic heterocycles. The van der Waals surface area contributed by atoms with Gasteiger partial charge < -0.3 is 9.84 Å². The highest BCUT2D eigenvalue weighted by molar-refractivity contribution is 6.30. The maximum absolute atomic E-state index is 12.6. The first-order chi connectivity index (χ1) is 13.2. The van der Waals surface area contributed by atoms with Crippen molar-refractivity contribution in [2.24, 2.45) is 0 Å². The van der Waals surface area contributed by atoms with Crippen molar-refractivity contribution in [1.29, 1.82) is 0 Å². The molecule has 1 aromatic heterocycles. The lowest BCUT2D eigenvalue weighted by Gasteiger charge is -2.18. The van der Waals surface area contributed by atoms with Crippen molar-refractivity contribution in [3.8, 4) is 0 Å². The van der Waals surface area contributed by atoms with Crippen molar-refractivity contribution in [2.75, 3.05) is 0 Å². The Morgan fingerprint density at radius 1 is 1.11 bits per heavy atom. The van der Waals surface area contributed by atoms with E-state index >= 15 is 0 Å². The average molecular weight is 382 g/mol. The molecule has 1 heterocycles. The minimum atomic E-state index is -0.0587. The number of hydrogen-bond donors (Lipinski definition) is 1. The molecule has 0 spiro atoms. The van der Waals surface area contributed by atoms with Crippen molar-refractivity contribution in [3.05, 3.63) is 82.5 Å². The number of aromatic nitrogens is 2. The maximum Gasteiger partial charge on any atom is 0.229 e. The summed E-state index contributed by atoms with van der Waals surface area (Å²) >= 11 is 6.01. The molecule has 5 nitrogen and oxygen atoms in total. The summed E-state index contributed by atoms with van der Waals surface area (Å²) in [7, 11) is 0. The van der Waals surface area contributed by atoms with E-state index in [9.17, 15) is 4.79 Å². The first-order valence-electron chi connectivity index (χ1n) is 9.08. The number of rotatable bonds is 7. The van der Waals surface area contributed by atoms with Gasteiger partial charge in [0, 0.05) is 23.3 Å². The van der Waals surface area contributed by atoms with Gasteiger partial charge in [-0.15, -0.1) is 0 Å². The predicted octanol–water partition coefficient (Wildman–Crippen LogP) is 4.44. The first kappa shape index (κ1) is 17.7. The summed E-state index contributed by atoms with van der Waals surface area (Å²) in [5, 5.41) is 7.52. The lowest BCUT2D eigenvalue weighted by atomic mass is 9.88. The van der Waals surface area contributed by atoms with E-state index in [0.29, 0.717) is 29.1 Å². The van der Waals surface area contributed by atoms with Gasteiger partial charge in [-0.05, 0) is 36.1 Å². The fourth-order valence-corrected chi connectivity index (χ4v) is 3.21. The van der Waals surface area contributed by atoms with Gasteiger partial charge in [-0.3, -0.25) is 4.79 Å². The molecule has 6 heteroatoms. The van der Waals surface area contributed by atoms with Crippen LogP contribution in [0, 0.1) is 0 Å². The number of nitrogens with one attached hydrogen (secondary N) is 1. The van der Waals surface area contributed by atoms with Crippen LogP contribution >= 0.6 is 11.6 Å². The van der Waals surface area contributed by atoms with Crippen molar-refractivity contribution in [1.82, 2.24) is 15.5 Å². The van der Waals surface area contributed by atoms with Gasteiger partial charge in [-0.1, -0.05) is 59.2 Å². The van der Waals surface area contributed by atoms with Gasteiger partial charge in [0.15, 0.2) is 5.82 Å². The van der Waals surface area contributed by atoms with Gasteiger partial charge in [0.1, 0.15) is 0 Å². The zero-order chi connectivity index (χ0) is 18.6. The molecule has 1 aliphatic rings. The van der Waals surface area contributed by atoms with Gasteiger partial charge in [0.2, 0.25) is 11.8 Å². The largest absolute Gasteiger partial charge is 0.349 e. The van der Waals surface area contributed by atoms with E-state index in [1.165, 1.54) is 0 Å². The van der Waals surface area contributed by atoms with Gasteiger partial charge in [0.25, 0.3) is 0 Å². The molecule has 1 aliphatic carbocycles. The van der Waals surface area contributed by atoms with E-state index in [-0.39, 0.29) is 18.4 Å². The molecule has 1 atom stereocenters. The molecular formula is C21H20ClN3O2. The Hall–Kier alpha value is -2.66. The number of hydrogen-bond acceptors (Lipinski definition) is 4. The predicted molar refractivity (Wildman–Crippen MR) is 102 cm³/mol. The molecule has 0 bridgehead atoms. The van der Waals surface area contributed by atoms with E-state index in [1.807, 2.05) is 54.6 Å². The third-order valence-electron chi connectivity index (χ3n) is 4.72. The summed E-state index contributed by atoms with van der Waals surface area (Å²) in [6, 6.07) is 17.6. The summed E-state index contributed by atoms with van der Waals surface area (Å²) in [6.07, 6.45) is 2.54. The molecule has 27 heavy (non-hydrogen) atoms. The number of nitrogens with zero attached hydrogens (tertiary/aromatic N) is 2. The van der Waals surface area contributed by atoms with E-state index in [0.717, 1.165) is 24.0 Å². The molecule has 1 amide bonds. The van der Waals surface area contributed by atoms with Crippen LogP contribution in [0.1, 0.15) is 53.9 Å². The van der Waals surface area contributed by atoms with Crippen LogP contribution in [-0.2, 0) is 11.3 Å². The Morgan fingerprint density at radius 3 is 2.52 bits per heavy atom. The Kier molecular flexibility index (Phi) is 5.21. The number of benzene rings is 2. The highest BCUT2D eigenvalue weighted by atomic mass is 35.5. The Labute approximate surface area is 162 Å². The van der Waals surface area contributed by atoms with Crippen LogP contribution < -0.4 is 5.32 Å². The molecule has 1 fully saturated rings. The van der Waals surface area contributed by atoms with E-state index < -0.39 is 0 Å².